The van der Waals surface area contributed by atoms with Crippen LogP contribution in [-0.4, -0.2) is 39.0 Å². The van der Waals surface area contributed by atoms with E-state index in [1.54, 1.807) is 18.5 Å². The highest BCUT2D eigenvalue weighted by molar-refractivity contribution is 7.13. The molecule has 132 valence electrons. The summed E-state index contributed by atoms with van der Waals surface area (Å²) in [6.07, 6.45) is 1.75. The van der Waals surface area contributed by atoms with E-state index in [4.69, 9.17) is 0 Å². The molecule has 2 heterocycles. The summed E-state index contributed by atoms with van der Waals surface area (Å²) >= 11 is 1.29. The Labute approximate surface area is 149 Å². The molecule has 1 atom stereocenters. The van der Waals surface area contributed by atoms with E-state index in [1.165, 1.54) is 17.4 Å². The van der Waals surface area contributed by atoms with Crippen molar-refractivity contribution in [3.63, 3.8) is 0 Å². The zero-order valence-corrected chi connectivity index (χ0v) is 14.7. The molecule has 1 aromatic heterocycles. The van der Waals surface area contributed by atoms with Gasteiger partial charge in [-0.1, -0.05) is 23.5 Å². The highest BCUT2D eigenvalue weighted by atomic mass is 32.1. The van der Waals surface area contributed by atoms with Gasteiger partial charge in [0.1, 0.15) is 5.51 Å². The van der Waals surface area contributed by atoms with Crippen LogP contribution in [0.3, 0.4) is 0 Å². The van der Waals surface area contributed by atoms with Gasteiger partial charge < -0.3 is 5.32 Å². The number of carbonyl (C=O) groups is 1. The van der Waals surface area contributed by atoms with Crippen molar-refractivity contribution in [1.29, 1.82) is 0 Å². The maximum atomic E-state index is 12.4. The van der Waals surface area contributed by atoms with Gasteiger partial charge in [0.05, 0.1) is 10.8 Å². The van der Waals surface area contributed by atoms with Crippen LogP contribution in [-0.2, 0) is 11.3 Å². The molecule has 0 aliphatic carbocycles. The van der Waals surface area contributed by atoms with Gasteiger partial charge in [-0.05, 0) is 31.9 Å². The van der Waals surface area contributed by atoms with Gasteiger partial charge in [0.25, 0.3) is 5.69 Å². The molecule has 0 radical (unpaired) electrons. The van der Waals surface area contributed by atoms with Crippen molar-refractivity contribution in [3.8, 4) is 0 Å². The van der Waals surface area contributed by atoms with Crippen molar-refractivity contribution in [2.45, 2.75) is 26.3 Å². The number of nitrogens with one attached hydrogen (secondary N) is 1. The number of likely N-dealkylation sites (tertiary alicyclic amines) is 1. The number of hydrogen-bond acceptors (Lipinski definition) is 7. The Balaban J connectivity index is 1.65. The Morgan fingerprint density at radius 2 is 2.36 bits per heavy atom. The molecule has 1 aromatic carbocycles. The maximum Gasteiger partial charge on any atom is 0.272 e. The van der Waals surface area contributed by atoms with Crippen molar-refractivity contribution >= 4 is 28.1 Å². The second-order valence-corrected chi connectivity index (χ2v) is 6.96. The molecule has 1 aliphatic heterocycles. The van der Waals surface area contributed by atoms with Gasteiger partial charge in [-0.25, -0.2) is 0 Å². The Morgan fingerprint density at radius 3 is 3.08 bits per heavy atom. The molecule has 1 aliphatic rings. The minimum atomic E-state index is -0.354. The topological polar surface area (TPSA) is 101 Å². The number of carbonyl (C=O) groups excluding carboxylic acids is 1. The fraction of sp³-hybridized carbons (Fsp3) is 0.438. The first-order chi connectivity index (χ1) is 12.0. The van der Waals surface area contributed by atoms with Crippen LogP contribution in [0.15, 0.2) is 23.7 Å². The zero-order chi connectivity index (χ0) is 17.8. The van der Waals surface area contributed by atoms with Crippen molar-refractivity contribution in [3.05, 3.63) is 45.0 Å². The third-order valence-electron chi connectivity index (χ3n) is 4.47. The molecule has 3 rings (SSSR count). The van der Waals surface area contributed by atoms with Gasteiger partial charge in [0.15, 0.2) is 0 Å². The zero-order valence-electron chi connectivity index (χ0n) is 13.8. The van der Waals surface area contributed by atoms with E-state index in [1.807, 2.05) is 6.07 Å². The molecule has 8 nitrogen and oxygen atoms in total. The maximum absolute atomic E-state index is 12.4. The van der Waals surface area contributed by atoms with Crippen LogP contribution < -0.4 is 5.32 Å². The summed E-state index contributed by atoms with van der Waals surface area (Å²) in [4.78, 5) is 25.3. The minimum Gasteiger partial charge on any atom is -0.300 e. The number of rotatable bonds is 5. The van der Waals surface area contributed by atoms with Gasteiger partial charge in [0, 0.05) is 24.7 Å². The molecule has 0 spiro atoms. The fourth-order valence-electron chi connectivity index (χ4n) is 3.13. The lowest BCUT2D eigenvalue weighted by Gasteiger charge is -2.32. The standard InChI is InChI=1S/C16H19N5O3S/c1-11-12(4-2-6-14(11)21(23)24)8-20-7-3-5-13(9-20)15(22)18-16-19-17-10-25-16/h2,4,6,10,13H,3,5,7-9H2,1H3,(H,18,19,22). The number of amides is 1. The minimum absolute atomic E-state index is 0.0442. The monoisotopic (exact) mass is 361 g/mol. The molecule has 1 N–H and O–H groups in total. The molecule has 9 heteroatoms. The Bertz CT molecular complexity index is 765. The quantitative estimate of drug-likeness (QED) is 0.649. The summed E-state index contributed by atoms with van der Waals surface area (Å²) in [5.41, 5.74) is 3.33. The van der Waals surface area contributed by atoms with E-state index in [9.17, 15) is 14.9 Å². The number of nitro benzene ring substituents is 1. The van der Waals surface area contributed by atoms with E-state index in [-0.39, 0.29) is 22.4 Å². The molecular weight excluding hydrogens is 342 g/mol. The van der Waals surface area contributed by atoms with Crippen LogP contribution in [0, 0.1) is 23.0 Å². The van der Waals surface area contributed by atoms with Crippen molar-refractivity contribution < 1.29 is 9.72 Å². The fourth-order valence-corrected chi connectivity index (χ4v) is 3.58. The predicted molar refractivity (Wildman–Crippen MR) is 94.4 cm³/mol. The van der Waals surface area contributed by atoms with Crippen LogP contribution in [0.4, 0.5) is 10.8 Å². The third-order valence-corrected chi connectivity index (χ3v) is 5.08. The largest absolute Gasteiger partial charge is 0.300 e. The molecule has 0 saturated carbocycles. The second kappa shape index (κ2) is 7.66. The van der Waals surface area contributed by atoms with Crippen molar-refractivity contribution in [2.75, 3.05) is 18.4 Å². The van der Waals surface area contributed by atoms with Gasteiger partial charge in [-0.15, -0.1) is 10.2 Å². The van der Waals surface area contributed by atoms with Gasteiger partial charge >= 0.3 is 0 Å². The average Bonchev–Trinajstić information content (AvgIpc) is 3.10. The van der Waals surface area contributed by atoms with Gasteiger partial charge in [-0.2, -0.15) is 0 Å². The lowest BCUT2D eigenvalue weighted by molar-refractivity contribution is -0.385. The highest BCUT2D eigenvalue weighted by Gasteiger charge is 2.27. The molecule has 25 heavy (non-hydrogen) atoms. The van der Waals surface area contributed by atoms with Crippen LogP contribution in [0.2, 0.25) is 0 Å². The molecule has 1 fully saturated rings. The van der Waals surface area contributed by atoms with E-state index in [2.05, 4.69) is 20.4 Å². The average molecular weight is 361 g/mol. The summed E-state index contributed by atoms with van der Waals surface area (Å²) in [7, 11) is 0. The first kappa shape index (κ1) is 17.4. The Kier molecular flexibility index (Phi) is 5.34. The van der Waals surface area contributed by atoms with Crippen LogP contribution >= 0.6 is 11.3 Å². The van der Waals surface area contributed by atoms with Crippen molar-refractivity contribution in [2.24, 2.45) is 5.92 Å². The van der Waals surface area contributed by atoms with Gasteiger partial charge in [0.2, 0.25) is 11.0 Å². The number of anilines is 1. The predicted octanol–water partition coefficient (Wildman–Crippen LogP) is 2.61. The number of benzene rings is 1. The molecule has 1 amide bonds. The van der Waals surface area contributed by atoms with Crippen LogP contribution in [0.5, 0.6) is 0 Å². The SMILES string of the molecule is Cc1c(CN2CCCC(C(=O)Nc3nncs3)C2)cccc1[N+](=O)[O-]. The first-order valence-electron chi connectivity index (χ1n) is 8.07. The molecular formula is C16H19N5O3S. The number of piperidine rings is 1. The summed E-state index contributed by atoms with van der Waals surface area (Å²) in [5, 5.41) is 21.9. The van der Waals surface area contributed by atoms with E-state index >= 15 is 0 Å². The number of aromatic nitrogens is 2. The smallest absolute Gasteiger partial charge is 0.272 e. The lowest BCUT2D eigenvalue weighted by Crippen LogP contribution is -2.40. The van der Waals surface area contributed by atoms with E-state index in [0.29, 0.717) is 23.8 Å². The van der Waals surface area contributed by atoms with E-state index in [0.717, 1.165) is 24.9 Å². The Hall–Kier alpha value is -2.39. The molecule has 0 bridgehead atoms. The second-order valence-electron chi connectivity index (χ2n) is 6.13. The van der Waals surface area contributed by atoms with Crippen LogP contribution in [0.1, 0.15) is 24.0 Å². The lowest BCUT2D eigenvalue weighted by atomic mass is 9.96. The van der Waals surface area contributed by atoms with E-state index < -0.39 is 0 Å². The number of hydrogen-bond donors (Lipinski definition) is 1. The summed E-state index contributed by atoms with van der Waals surface area (Å²) in [6.45, 7) is 3.89. The highest BCUT2D eigenvalue weighted by Crippen LogP contribution is 2.25. The van der Waals surface area contributed by atoms with Crippen LogP contribution in [0.25, 0.3) is 0 Å². The van der Waals surface area contributed by atoms with Gasteiger partial charge in [-0.3, -0.25) is 19.8 Å². The normalized spacial score (nSPS) is 18.0. The summed E-state index contributed by atoms with van der Waals surface area (Å²) in [5.74, 6) is -0.158. The summed E-state index contributed by atoms with van der Waals surface area (Å²) in [6, 6.07) is 5.14. The summed E-state index contributed by atoms with van der Waals surface area (Å²) < 4.78 is 0. The third kappa shape index (κ3) is 4.18. The Morgan fingerprint density at radius 1 is 1.52 bits per heavy atom. The number of nitrogens with zero attached hydrogens (tertiary/aromatic N) is 4. The molecule has 2 aromatic rings. The van der Waals surface area contributed by atoms with Crippen molar-refractivity contribution in [1.82, 2.24) is 15.1 Å². The first-order valence-corrected chi connectivity index (χ1v) is 8.95. The number of nitro groups is 1. The molecule has 1 unspecified atom stereocenters. The molecule has 1 saturated heterocycles.